The third kappa shape index (κ3) is 0.408. The fourth-order valence-corrected chi connectivity index (χ4v) is 2.23. The maximum Gasteiger partial charge on any atom is 0.0896 e. The van der Waals surface area contributed by atoms with Gasteiger partial charge in [0.25, 0.3) is 0 Å². The molecule has 2 aliphatic heterocycles. The van der Waals surface area contributed by atoms with E-state index in [0.717, 1.165) is 12.0 Å². The van der Waals surface area contributed by atoms with E-state index in [1.54, 1.807) is 0 Å². The second-order valence-electron chi connectivity index (χ2n) is 3.95. The molecule has 2 heterocycles. The van der Waals surface area contributed by atoms with Gasteiger partial charge < -0.3 is 4.48 Å². The molecule has 3 rings (SSSR count). The highest BCUT2D eigenvalue weighted by Gasteiger charge is 2.50. The second-order valence-corrected chi connectivity index (χ2v) is 3.95. The average molecular weight is 112 g/mol. The van der Waals surface area contributed by atoms with Crippen LogP contribution in [0.3, 0.4) is 0 Å². The van der Waals surface area contributed by atoms with Crippen molar-refractivity contribution in [3.63, 3.8) is 0 Å². The number of hydrogen-bond acceptors (Lipinski definition) is 0. The van der Waals surface area contributed by atoms with Crippen molar-refractivity contribution in [1.82, 2.24) is 0 Å². The molecule has 1 heteroatoms. The van der Waals surface area contributed by atoms with Crippen molar-refractivity contribution in [2.45, 2.75) is 18.9 Å². The molecule has 1 aliphatic carbocycles. The Morgan fingerprint density at radius 3 is 2.00 bits per heavy atom. The number of fused-ring (bicyclic) bond motifs is 1. The van der Waals surface area contributed by atoms with Gasteiger partial charge in [-0.05, 0) is 0 Å². The maximum atomic E-state index is 2.36. The number of hydrogen-bond donors (Lipinski definition) is 0. The molecule has 0 aromatic rings. The quantitative estimate of drug-likeness (QED) is 0.408. The first kappa shape index (κ1) is 4.80. The van der Waals surface area contributed by atoms with Crippen molar-refractivity contribution in [3.8, 4) is 0 Å². The summed E-state index contributed by atoms with van der Waals surface area (Å²) in [5.74, 6) is 1.11. The van der Waals surface area contributed by atoms with Gasteiger partial charge in [-0.15, -0.1) is 0 Å². The normalized spacial score (nSPS) is 48.8. The van der Waals surface area contributed by atoms with Gasteiger partial charge in [0.15, 0.2) is 0 Å². The lowest BCUT2D eigenvalue weighted by atomic mass is 9.86. The van der Waals surface area contributed by atoms with Crippen LogP contribution in [0.5, 0.6) is 0 Å². The Morgan fingerprint density at radius 2 is 1.88 bits per heavy atom. The summed E-state index contributed by atoms with van der Waals surface area (Å²) in [6.45, 7) is 1.45. The van der Waals surface area contributed by atoms with Gasteiger partial charge in [0, 0.05) is 18.8 Å². The van der Waals surface area contributed by atoms with Gasteiger partial charge in [0.1, 0.15) is 0 Å². The smallest absolute Gasteiger partial charge is 0.0896 e. The zero-order chi connectivity index (χ0) is 5.78. The predicted molar refractivity (Wildman–Crippen MR) is 33.5 cm³/mol. The number of rotatable bonds is 0. The molecule has 2 bridgehead atoms. The highest BCUT2D eigenvalue weighted by Crippen LogP contribution is 2.43. The highest BCUT2D eigenvalue weighted by molar-refractivity contribution is 4.86. The van der Waals surface area contributed by atoms with Crippen LogP contribution in [0.2, 0.25) is 0 Å². The van der Waals surface area contributed by atoms with Crippen LogP contribution in [0.15, 0.2) is 0 Å². The fraction of sp³-hybridized carbons (Fsp3) is 1.00. The van der Waals surface area contributed by atoms with Crippen LogP contribution in [0.4, 0.5) is 0 Å². The zero-order valence-corrected chi connectivity index (χ0v) is 5.72. The molecule has 0 amide bonds. The summed E-state index contributed by atoms with van der Waals surface area (Å²) in [4.78, 5) is 0. The molecule has 1 nitrogen and oxygen atoms in total. The van der Waals surface area contributed by atoms with Crippen LogP contribution in [0, 0.1) is 5.92 Å². The first-order valence-electron chi connectivity index (χ1n) is 3.51. The Kier molecular flexibility index (Phi) is 0.663. The van der Waals surface area contributed by atoms with Gasteiger partial charge in [0.05, 0.1) is 26.7 Å². The molecule has 3 fully saturated rings. The summed E-state index contributed by atoms with van der Waals surface area (Å²) >= 11 is 0. The molecule has 46 valence electrons. The van der Waals surface area contributed by atoms with Crippen LogP contribution in [0.25, 0.3) is 0 Å². The van der Waals surface area contributed by atoms with Crippen LogP contribution >= 0.6 is 0 Å². The van der Waals surface area contributed by atoms with E-state index in [9.17, 15) is 0 Å². The van der Waals surface area contributed by atoms with Gasteiger partial charge in [0.2, 0.25) is 0 Å². The van der Waals surface area contributed by atoms with Gasteiger partial charge in [-0.1, -0.05) is 0 Å². The van der Waals surface area contributed by atoms with E-state index in [1.165, 1.54) is 23.9 Å². The van der Waals surface area contributed by atoms with Crippen LogP contribution in [-0.2, 0) is 0 Å². The summed E-state index contributed by atoms with van der Waals surface area (Å²) in [5.41, 5.74) is 0. The van der Waals surface area contributed by atoms with E-state index in [2.05, 4.69) is 14.1 Å². The van der Waals surface area contributed by atoms with Crippen LogP contribution in [-0.4, -0.2) is 31.2 Å². The van der Waals surface area contributed by atoms with E-state index in [4.69, 9.17) is 0 Å². The minimum atomic E-state index is 1.04. The Bertz CT molecular complexity index is 112. The lowest BCUT2D eigenvalue weighted by molar-refractivity contribution is -0.893. The fourth-order valence-electron chi connectivity index (χ4n) is 2.23. The third-order valence-electron chi connectivity index (χ3n) is 2.93. The van der Waals surface area contributed by atoms with Gasteiger partial charge in [-0.25, -0.2) is 0 Å². The summed E-state index contributed by atoms with van der Waals surface area (Å²) in [7, 11) is 4.72. The van der Waals surface area contributed by atoms with E-state index >= 15 is 0 Å². The van der Waals surface area contributed by atoms with E-state index in [1.807, 2.05) is 0 Å². The minimum Gasteiger partial charge on any atom is -0.326 e. The standard InChI is InChI=1S/C7H14N/c1-8(2)5-6-3-7(8)4-6/h6-7H,3-5H2,1-2H3/q+1. The summed E-state index contributed by atoms with van der Waals surface area (Å²) in [5, 5.41) is 0. The SMILES string of the molecule is C[N+]1(C)CC2CC1C2. The molecule has 0 aromatic heterocycles. The molecular formula is C7H14N+. The summed E-state index contributed by atoms with van der Waals surface area (Å²) in [6.07, 6.45) is 3.04. The zero-order valence-electron chi connectivity index (χ0n) is 5.72. The Balaban J connectivity index is 2.20. The molecule has 0 unspecified atom stereocenters. The lowest BCUT2D eigenvalue weighted by Gasteiger charge is -2.29. The van der Waals surface area contributed by atoms with Crippen LogP contribution in [0.1, 0.15) is 12.8 Å². The number of nitrogens with zero attached hydrogens (tertiary/aromatic N) is 1. The Hall–Kier alpha value is -0.0400. The highest BCUT2D eigenvalue weighted by atomic mass is 15.4. The van der Waals surface area contributed by atoms with Crippen molar-refractivity contribution in [2.75, 3.05) is 20.6 Å². The van der Waals surface area contributed by atoms with E-state index < -0.39 is 0 Å². The van der Waals surface area contributed by atoms with Crippen molar-refractivity contribution < 1.29 is 4.48 Å². The summed E-state index contributed by atoms with van der Waals surface area (Å²) in [6, 6.07) is 1.04. The Morgan fingerprint density at radius 1 is 1.25 bits per heavy atom. The molecule has 1 saturated carbocycles. The predicted octanol–water partition coefficient (Wildman–Crippen LogP) is 0.855. The molecule has 0 aromatic carbocycles. The summed E-state index contributed by atoms with van der Waals surface area (Å²) < 4.78 is 1.31. The minimum absolute atomic E-state index is 1.04. The van der Waals surface area contributed by atoms with Crippen molar-refractivity contribution in [2.24, 2.45) is 5.92 Å². The molecule has 0 spiro atoms. The van der Waals surface area contributed by atoms with Crippen molar-refractivity contribution in [1.29, 1.82) is 0 Å². The molecule has 8 heavy (non-hydrogen) atoms. The van der Waals surface area contributed by atoms with Gasteiger partial charge in [-0.2, -0.15) is 0 Å². The van der Waals surface area contributed by atoms with Crippen molar-refractivity contribution in [3.05, 3.63) is 0 Å². The molecule has 2 saturated heterocycles. The average Bonchev–Trinajstić information content (AvgIpc) is 1.82. The third-order valence-corrected chi connectivity index (χ3v) is 2.93. The maximum absolute atomic E-state index is 2.36. The number of quaternary nitrogens is 1. The first-order valence-corrected chi connectivity index (χ1v) is 3.51. The molecular weight excluding hydrogens is 98.1 g/mol. The molecule has 0 N–H and O–H groups in total. The molecule has 0 radical (unpaired) electrons. The monoisotopic (exact) mass is 112 g/mol. The molecule has 0 atom stereocenters. The largest absolute Gasteiger partial charge is 0.326 e. The first-order chi connectivity index (χ1) is 3.68. The van der Waals surface area contributed by atoms with E-state index in [0.29, 0.717) is 0 Å². The lowest BCUT2D eigenvalue weighted by Crippen LogP contribution is -2.41. The van der Waals surface area contributed by atoms with Crippen LogP contribution < -0.4 is 0 Å². The van der Waals surface area contributed by atoms with E-state index in [-0.39, 0.29) is 0 Å². The molecule has 3 aliphatic rings. The Labute approximate surface area is 50.9 Å². The van der Waals surface area contributed by atoms with Gasteiger partial charge in [-0.3, -0.25) is 0 Å². The van der Waals surface area contributed by atoms with Gasteiger partial charge >= 0.3 is 0 Å². The topological polar surface area (TPSA) is 0 Å². The van der Waals surface area contributed by atoms with Crippen molar-refractivity contribution >= 4 is 0 Å². The second kappa shape index (κ2) is 1.10.